The lowest BCUT2D eigenvalue weighted by molar-refractivity contribution is 0.0450. The molecule has 0 aliphatic heterocycles. The van der Waals surface area contributed by atoms with Gasteiger partial charge in [0.05, 0.1) is 23.9 Å². The van der Waals surface area contributed by atoms with Gasteiger partial charge >= 0.3 is 11.9 Å². The Balaban J connectivity index is 1.66. The number of fused-ring (bicyclic) bond motifs is 2. The van der Waals surface area contributed by atoms with Crippen molar-refractivity contribution in [2.24, 2.45) is 0 Å². The van der Waals surface area contributed by atoms with E-state index in [0.717, 1.165) is 27.4 Å². The second-order valence-electron chi connectivity index (χ2n) is 6.41. The minimum absolute atomic E-state index is 0.135. The van der Waals surface area contributed by atoms with E-state index in [9.17, 15) is 9.59 Å². The zero-order chi connectivity index (χ0) is 19.7. The maximum absolute atomic E-state index is 12.5. The number of para-hydroxylation sites is 2. The first-order valence-corrected chi connectivity index (χ1v) is 8.80. The molecule has 0 spiro atoms. The predicted molar refractivity (Wildman–Crippen MR) is 105 cm³/mol. The van der Waals surface area contributed by atoms with Crippen LogP contribution in [0.15, 0.2) is 54.6 Å². The molecule has 6 nitrogen and oxygen atoms in total. The van der Waals surface area contributed by atoms with Gasteiger partial charge in [0.2, 0.25) is 0 Å². The average Bonchev–Trinajstić information content (AvgIpc) is 3.16. The van der Waals surface area contributed by atoms with Crippen LogP contribution in [0, 0.1) is 6.92 Å². The topological polar surface area (TPSA) is 81.3 Å². The van der Waals surface area contributed by atoms with Crippen LogP contribution >= 0.6 is 0 Å². The van der Waals surface area contributed by atoms with Crippen molar-refractivity contribution >= 4 is 33.7 Å². The third kappa shape index (κ3) is 3.09. The van der Waals surface area contributed by atoms with Crippen LogP contribution in [0.3, 0.4) is 0 Å². The lowest BCUT2D eigenvalue weighted by atomic mass is 10.0. The highest BCUT2D eigenvalue weighted by atomic mass is 16.5. The van der Waals surface area contributed by atoms with Crippen LogP contribution in [0.2, 0.25) is 0 Å². The molecule has 0 fully saturated rings. The molecule has 0 aliphatic rings. The number of methoxy groups -OCH3 is 1. The number of pyridine rings is 1. The molecule has 4 aromatic rings. The van der Waals surface area contributed by atoms with Crippen LogP contribution < -0.4 is 0 Å². The minimum atomic E-state index is -0.514. The number of hydrogen-bond donors (Lipinski definition) is 1. The molecule has 2 aromatic heterocycles. The van der Waals surface area contributed by atoms with E-state index in [1.54, 1.807) is 6.07 Å². The zero-order valence-electron chi connectivity index (χ0n) is 15.5. The third-order valence-corrected chi connectivity index (χ3v) is 4.71. The number of aromatic nitrogens is 2. The van der Waals surface area contributed by atoms with Crippen molar-refractivity contribution in [2.45, 2.75) is 13.5 Å². The fourth-order valence-corrected chi connectivity index (χ4v) is 3.31. The summed E-state index contributed by atoms with van der Waals surface area (Å²) in [6.45, 7) is 1.70. The van der Waals surface area contributed by atoms with E-state index in [1.807, 2.05) is 55.5 Å². The number of esters is 2. The van der Waals surface area contributed by atoms with Crippen molar-refractivity contribution in [1.29, 1.82) is 0 Å². The largest absolute Gasteiger partial charge is 0.465 e. The first-order valence-electron chi connectivity index (χ1n) is 8.80. The van der Waals surface area contributed by atoms with Gasteiger partial charge in [-0.15, -0.1) is 0 Å². The quantitative estimate of drug-likeness (QED) is 0.542. The molecular formula is C22H18N2O4. The third-order valence-electron chi connectivity index (χ3n) is 4.71. The molecule has 28 heavy (non-hydrogen) atoms. The van der Waals surface area contributed by atoms with Gasteiger partial charge in [-0.2, -0.15) is 0 Å². The van der Waals surface area contributed by atoms with Crippen LogP contribution in [0.4, 0.5) is 0 Å². The number of aromatic amines is 1. The van der Waals surface area contributed by atoms with Gasteiger partial charge in [-0.25, -0.2) is 14.6 Å². The van der Waals surface area contributed by atoms with E-state index in [0.29, 0.717) is 17.0 Å². The minimum Gasteiger partial charge on any atom is -0.465 e. The van der Waals surface area contributed by atoms with E-state index in [1.165, 1.54) is 7.11 Å². The SMILES string of the molecule is COC(=O)c1c(COC(=O)c2cc3ccccc3[nH]2)nc2ccccc2c1C. The Labute approximate surface area is 161 Å². The predicted octanol–water partition coefficient (Wildman–Crippen LogP) is 4.17. The first kappa shape index (κ1) is 17.7. The van der Waals surface area contributed by atoms with Gasteiger partial charge in [-0.3, -0.25) is 0 Å². The molecule has 0 saturated carbocycles. The molecule has 0 saturated heterocycles. The van der Waals surface area contributed by atoms with Gasteiger partial charge in [-0.1, -0.05) is 36.4 Å². The maximum Gasteiger partial charge on any atom is 0.355 e. The Bertz CT molecular complexity index is 1180. The van der Waals surface area contributed by atoms with Gasteiger partial charge < -0.3 is 14.5 Å². The monoisotopic (exact) mass is 374 g/mol. The molecule has 4 rings (SSSR count). The number of H-pyrrole nitrogens is 1. The summed E-state index contributed by atoms with van der Waals surface area (Å²) in [5.74, 6) is -1.02. The number of hydrogen-bond acceptors (Lipinski definition) is 5. The van der Waals surface area contributed by atoms with Crippen LogP contribution in [0.25, 0.3) is 21.8 Å². The van der Waals surface area contributed by atoms with E-state index < -0.39 is 11.9 Å². The number of nitrogens with zero attached hydrogens (tertiary/aromatic N) is 1. The van der Waals surface area contributed by atoms with Crippen molar-refractivity contribution < 1.29 is 19.1 Å². The highest BCUT2D eigenvalue weighted by Gasteiger charge is 2.21. The average molecular weight is 374 g/mol. The normalized spacial score (nSPS) is 10.9. The summed E-state index contributed by atoms with van der Waals surface area (Å²) in [5.41, 5.74) is 3.36. The van der Waals surface area contributed by atoms with Crippen LogP contribution in [-0.4, -0.2) is 29.0 Å². The standard InChI is InChI=1S/C22H18N2O4/c1-13-15-8-4-6-10-17(15)24-19(20(13)22(26)27-2)12-28-21(25)18-11-14-7-3-5-9-16(14)23-18/h3-11,23H,12H2,1-2H3. The van der Waals surface area contributed by atoms with Crippen LogP contribution in [-0.2, 0) is 16.1 Å². The summed E-state index contributed by atoms with van der Waals surface area (Å²) < 4.78 is 10.4. The Kier molecular flexibility index (Phi) is 4.53. The maximum atomic E-state index is 12.5. The van der Waals surface area contributed by atoms with Crippen LogP contribution in [0.5, 0.6) is 0 Å². The molecule has 2 aromatic carbocycles. The molecule has 0 amide bonds. The van der Waals surface area contributed by atoms with Crippen LogP contribution in [0.1, 0.15) is 32.1 Å². The van der Waals surface area contributed by atoms with Gasteiger partial charge in [0.15, 0.2) is 0 Å². The number of carbonyl (C=O) groups is 2. The lowest BCUT2D eigenvalue weighted by Gasteiger charge is -2.13. The highest BCUT2D eigenvalue weighted by Crippen LogP contribution is 2.24. The summed E-state index contributed by atoms with van der Waals surface area (Å²) in [4.78, 5) is 32.4. The molecule has 0 aliphatic carbocycles. The number of carbonyl (C=O) groups excluding carboxylic acids is 2. The smallest absolute Gasteiger partial charge is 0.355 e. The van der Waals surface area contributed by atoms with Crippen molar-refractivity contribution in [2.75, 3.05) is 7.11 Å². The van der Waals surface area contributed by atoms with Gasteiger partial charge in [0.1, 0.15) is 12.3 Å². The van der Waals surface area contributed by atoms with Gasteiger partial charge in [-0.05, 0) is 30.7 Å². The molecule has 2 heterocycles. The second kappa shape index (κ2) is 7.15. The number of benzene rings is 2. The molecule has 0 bridgehead atoms. The molecule has 1 N–H and O–H groups in total. The fourth-order valence-electron chi connectivity index (χ4n) is 3.31. The van der Waals surface area contributed by atoms with Crippen molar-refractivity contribution in [3.05, 3.63) is 77.1 Å². The molecule has 6 heteroatoms. The number of ether oxygens (including phenoxy) is 2. The molecular weight excluding hydrogens is 356 g/mol. The van der Waals surface area contributed by atoms with E-state index in [4.69, 9.17) is 9.47 Å². The van der Waals surface area contributed by atoms with Crippen molar-refractivity contribution in [3.63, 3.8) is 0 Å². The van der Waals surface area contributed by atoms with Crippen molar-refractivity contribution in [3.8, 4) is 0 Å². The lowest BCUT2D eigenvalue weighted by Crippen LogP contribution is -2.14. The number of nitrogens with one attached hydrogen (secondary N) is 1. The van der Waals surface area contributed by atoms with Gasteiger partial charge in [0.25, 0.3) is 0 Å². The second-order valence-corrected chi connectivity index (χ2v) is 6.41. The van der Waals surface area contributed by atoms with Gasteiger partial charge in [0, 0.05) is 16.3 Å². The fraction of sp³-hybridized carbons (Fsp3) is 0.136. The summed E-state index contributed by atoms with van der Waals surface area (Å²) >= 11 is 0. The molecule has 0 unspecified atom stereocenters. The van der Waals surface area contributed by atoms with E-state index in [2.05, 4.69) is 9.97 Å². The summed E-state index contributed by atoms with van der Waals surface area (Å²) in [7, 11) is 1.32. The first-order chi connectivity index (χ1) is 13.6. The summed E-state index contributed by atoms with van der Waals surface area (Å²) in [6.07, 6.45) is 0. The number of rotatable bonds is 4. The molecule has 0 radical (unpaired) electrons. The molecule has 140 valence electrons. The Hall–Kier alpha value is -3.67. The highest BCUT2D eigenvalue weighted by molar-refractivity contribution is 5.98. The zero-order valence-corrected chi connectivity index (χ0v) is 15.5. The Morgan fingerprint density at radius 3 is 2.57 bits per heavy atom. The summed E-state index contributed by atoms with van der Waals surface area (Å²) in [5, 5.41) is 1.78. The number of aryl methyl sites for hydroxylation is 1. The van der Waals surface area contributed by atoms with E-state index >= 15 is 0 Å². The molecule has 0 atom stereocenters. The van der Waals surface area contributed by atoms with Crippen molar-refractivity contribution in [1.82, 2.24) is 9.97 Å². The Morgan fingerprint density at radius 1 is 1.04 bits per heavy atom. The Morgan fingerprint density at radius 2 is 1.79 bits per heavy atom. The summed E-state index contributed by atoms with van der Waals surface area (Å²) in [6, 6.07) is 16.8. The van der Waals surface area contributed by atoms with E-state index in [-0.39, 0.29) is 6.61 Å².